The van der Waals surface area contributed by atoms with Crippen molar-refractivity contribution in [2.24, 2.45) is 0 Å². The Morgan fingerprint density at radius 3 is 1.38 bits per heavy atom. The summed E-state index contributed by atoms with van der Waals surface area (Å²) in [5.74, 6) is -0.409. The summed E-state index contributed by atoms with van der Waals surface area (Å²) in [5, 5.41) is 3.52. The summed E-state index contributed by atoms with van der Waals surface area (Å²) in [6, 6.07) is 13.8. The summed E-state index contributed by atoms with van der Waals surface area (Å²) in [4.78, 5) is 0. The molecular formula is C18H21F2N. The van der Waals surface area contributed by atoms with Crippen LogP contribution in [0.2, 0.25) is 0 Å². The number of hydrogen-bond donors (Lipinski definition) is 1. The number of rotatable bonds is 6. The molecule has 0 aliphatic rings. The second-order valence-electron chi connectivity index (χ2n) is 5.63. The lowest BCUT2D eigenvalue weighted by atomic mass is 10.0. The fourth-order valence-corrected chi connectivity index (χ4v) is 2.55. The topological polar surface area (TPSA) is 12.0 Å². The first-order valence-corrected chi connectivity index (χ1v) is 7.28. The fraction of sp³-hybridized carbons (Fsp3) is 0.333. The Morgan fingerprint density at radius 2 is 1.05 bits per heavy atom. The van der Waals surface area contributed by atoms with Crippen molar-refractivity contribution in [3.8, 4) is 0 Å². The van der Waals surface area contributed by atoms with Crippen LogP contribution in [0.1, 0.15) is 25.0 Å². The maximum absolute atomic E-state index is 12.9. The molecule has 3 heteroatoms. The van der Waals surface area contributed by atoms with E-state index in [1.165, 1.54) is 24.3 Å². The smallest absolute Gasteiger partial charge is 0.123 e. The van der Waals surface area contributed by atoms with E-state index < -0.39 is 0 Å². The largest absolute Gasteiger partial charge is 0.311 e. The molecule has 0 fully saturated rings. The van der Waals surface area contributed by atoms with Crippen LogP contribution < -0.4 is 5.32 Å². The first kappa shape index (κ1) is 15.6. The van der Waals surface area contributed by atoms with Crippen LogP contribution in [0, 0.1) is 11.6 Å². The van der Waals surface area contributed by atoms with E-state index in [1.807, 2.05) is 24.3 Å². The third-order valence-electron chi connectivity index (χ3n) is 3.48. The Balaban J connectivity index is 1.82. The van der Waals surface area contributed by atoms with Crippen molar-refractivity contribution >= 4 is 0 Å². The first-order valence-electron chi connectivity index (χ1n) is 7.28. The Hall–Kier alpha value is -1.74. The van der Waals surface area contributed by atoms with E-state index >= 15 is 0 Å². The highest BCUT2D eigenvalue weighted by atomic mass is 19.1. The summed E-state index contributed by atoms with van der Waals surface area (Å²) in [6.45, 7) is 4.23. The summed E-state index contributed by atoms with van der Waals surface area (Å²) in [6.07, 6.45) is 1.71. The molecule has 1 nitrogen and oxygen atoms in total. The highest BCUT2D eigenvalue weighted by molar-refractivity contribution is 5.18. The molecule has 0 aliphatic heterocycles. The lowest BCUT2D eigenvalue weighted by Crippen LogP contribution is -2.37. The van der Waals surface area contributed by atoms with Crippen LogP contribution in [-0.2, 0) is 12.8 Å². The van der Waals surface area contributed by atoms with Crippen molar-refractivity contribution < 1.29 is 8.78 Å². The lowest BCUT2D eigenvalue weighted by molar-refractivity contribution is 0.462. The van der Waals surface area contributed by atoms with Gasteiger partial charge in [-0.15, -0.1) is 0 Å². The van der Waals surface area contributed by atoms with E-state index in [4.69, 9.17) is 0 Å². The molecular weight excluding hydrogens is 268 g/mol. The summed E-state index contributed by atoms with van der Waals surface area (Å²) in [5.41, 5.74) is 2.23. The zero-order valence-corrected chi connectivity index (χ0v) is 12.4. The van der Waals surface area contributed by atoms with Crippen molar-refractivity contribution in [2.75, 3.05) is 0 Å². The van der Waals surface area contributed by atoms with Crippen LogP contribution in [0.15, 0.2) is 48.5 Å². The number of nitrogens with one attached hydrogen (secondary N) is 1. The van der Waals surface area contributed by atoms with E-state index in [0.29, 0.717) is 12.1 Å². The third kappa shape index (κ3) is 5.27. The second-order valence-corrected chi connectivity index (χ2v) is 5.63. The number of hydrogen-bond acceptors (Lipinski definition) is 1. The van der Waals surface area contributed by atoms with E-state index in [0.717, 1.165) is 24.0 Å². The molecule has 0 spiro atoms. The standard InChI is InChI=1S/C18H21F2N/c1-13(11-15-3-7-17(19)8-4-15)21-14(2)12-16-5-9-18(20)10-6-16/h3-10,13-14,21H,11-12H2,1-2H3. The van der Waals surface area contributed by atoms with Gasteiger partial charge in [0.15, 0.2) is 0 Å². The molecule has 0 saturated heterocycles. The molecule has 0 amide bonds. The predicted molar refractivity (Wildman–Crippen MR) is 82.3 cm³/mol. The van der Waals surface area contributed by atoms with Gasteiger partial charge in [-0.2, -0.15) is 0 Å². The van der Waals surface area contributed by atoms with Gasteiger partial charge in [-0.1, -0.05) is 24.3 Å². The quantitative estimate of drug-likeness (QED) is 0.843. The molecule has 0 heterocycles. The lowest BCUT2D eigenvalue weighted by Gasteiger charge is -2.20. The Morgan fingerprint density at radius 1 is 0.714 bits per heavy atom. The van der Waals surface area contributed by atoms with Gasteiger partial charge in [-0.25, -0.2) is 8.78 Å². The molecule has 0 aromatic heterocycles. The van der Waals surface area contributed by atoms with Crippen molar-refractivity contribution in [1.82, 2.24) is 5.32 Å². The van der Waals surface area contributed by atoms with Gasteiger partial charge in [-0.3, -0.25) is 0 Å². The minimum absolute atomic E-state index is 0.205. The Labute approximate surface area is 125 Å². The zero-order valence-electron chi connectivity index (χ0n) is 12.4. The number of halogens is 2. The minimum atomic E-state index is -0.205. The highest BCUT2D eigenvalue weighted by Crippen LogP contribution is 2.09. The highest BCUT2D eigenvalue weighted by Gasteiger charge is 2.09. The van der Waals surface area contributed by atoms with Crippen LogP contribution in [0.4, 0.5) is 8.78 Å². The van der Waals surface area contributed by atoms with Gasteiger partial charge in [-0.05, 0) is 62.1 Å². The molecule has 0 aliphatic carbocycles. The van der Waals surface area contributed by atoms with E-state index in [1.54, 1.807) is 0 Å². The van der Waals surface area contributed by atoms with Crippen LogP contribution >= 0.6 is 0 Å². The van der Waals surface area contributed by atoms with Crippen molar-refractivity contribution in [2.45, 2.75) is 38.8 Å². The molecule has 2 atom stereocenters. The van der Waals surface area contributed by atoms with Gasteiger partial charge < -0.3 is 5.32 Å². The molecule has 21 heavy (non-hydrogen) atoms. The average molecular weight is 289 g/mol. The van der Waals surface area contributed by atoms with E-state index in [-0.39, 0.29) is 11.6 Å². The molecule has 2 aromatic rings. The van der Waals surface area contributed by atoms with Gasteiger partial charge in [0.1, 0.15) is 11.6 Å². The average Bonchev–Trinajstić information content (AvgIpc) is 2.44. The van der Waals surface area contributed by atoms with Gasteiger partial charge in [0.2, 0.25) is 0 Å². The summed E-state index contributed by atoms with van der Waals surface area (Å²) >= 11 is 0. The summed E-state index contributed by atoms with van der Waals surface area (Å²) < 4.78 is 25.7. The van der Waals surface area contributed by atoms with Crippen molar-refractivity contribution in [3.63, 3.8) is 0 Å². The maximum Gasteiger partial charge on any atom is 0.123 e. The molecule has 2 rings (SSSR count). The normalized spacial score (nSPS) is 13.9. The molecule has 1 N–H and O–H groups in total. The molecule has 2 aromatic carbocycles. The SMILES string of the molecule is CC(Cc1ccc(F)cc1)NC(C)Cc1ccc(F)cc1. The Bertz CT molecular complexity index is 497. The fourth-order valence-electron chi connectivity index (χ4n) is 2.55. The number of benzene rings is 2. The van der Waals surface area contributed by atoms with Gasteiger partial charge in [0.05, 0.1) is 0 Å². The van der Waals surface area contributed by atoms with Crippen LogP contribution in [0.3, 0.4) is 0 Å². The molecule has 0 bridgehead atoms. The zero-order chi connectivity index (χ0) is 15.2. The van der Waals surface area contributed by atoms with Gasteiger partial charge in [0, 0.05) is 12.1 Å². The molecule has 112 valence electrons. The maximum atomic E-state index is 12.9. The van der Waals surface area contributed by atoms with Crippen LogP contribution in [-0.4, -0.2) is 12.1 Å². The van der Waals surface area contributed by atoms with E-state index in [2.05, 4.69) is 19.2 Å². The van der Waals surface area contributed by atoms with Gasteiger partial charge in [0.25, 0.3) is 0 Å². The minimum Gasteiger partial charge on any atom is -0.311 e. The van der Waals surface area contributed by atoms with Crippen molar-refractivity contribution in [3.05, 3.63) is 71.3 Å². The van der Waals surface area contributed by atoms with E-state index in [9.17, 15) is 8.78 Å². The third-order valence-corrected chi connectivity index (χ3v) is 3.48. The second kappa shape index (κ2) is 7.32. The van der Waals surface area contributed by atoms with Crippen molar-refractivity contribution in [1.29, 1.82) is 0 Å². The molecule has 2 unspecified atom stereocenters. The monoisotopic (exact) mass is 289 g/mol. The van der Waals surface area contributed by atoms with Gasteiger partial charge >= 0.3 is 0 Å². The van der Waals surface area contributed by atoms with Crippen LogP contribution in [0.5, 0.6) is 0 Å². The first-order chi connectivity index (χ1) is 10.0. The van der Waals surface area contributed by atoms with Crippen LogP contribution in [0.25, 0.3) is 0 Å². The Kier molecular flexibility index (Phi) is 5.45. The summed E-state index contributed by atoms with van der Waals surface area (Å²) in [7, 11) is 0. The predicted octanol–water partition coefficient (Wildman–Crippen LogP) is 4.12. The molecule has 0 radical (unpaired) electrons. The molecule has 0 saturated carbocycles.